The average molecular weight is 559 g/mol. The standard InChI is InChI=1S/C31H29F3N6O/c1-20-21(2)40(18-23-7-4-3-5-8-23)29-27(20)28(36-19-37-29)35-16-15-22-11-13-25(14-12-22)38-30(41)39-26-10-6-9-24(17-26)31(32,33)34/h3-14,17,19H,15-16,18H2,1-2H3,(H,35,36,37)(H2,38,39,41). The molecule has 0 atom stereocenters. The van der Waals surface area contributed by atoms with Crippen LogP contribution in [0.15, 0.2) is 85.2 Å². The third-order valence-electron chi connectivity index (χ3n) is 6.95. The summed E-state index contributed by atoms with van der Waals surface area (Å²) in [6.45, 7) is 5.55. The van der Waals surface area contributed by atoms with Crippen LogP contribution in [-0.4, -0.2) is 27.1 Å². The number of carbonyl (C=O) groups is 1. The molecule has 0 fully saturated rings. The number of amides is 2. The minimum absolute atomic E-state index is 0.0553. The van der Waals surface area contributed by atoms with E-state index in [9.17, 15) is 18.0 Å². The van der Waals surface area contributed by atoms with Crippen LogP contribution < -0.4 is 16.0 Å². The molecule has 0 unspecified atom stereocenters. The molecular formula is C31H29F3N6O. The second-order valence-electron chi connectivity index (χ2n) is 9.73. The topological polar surface area (TPSA) is 83.9 Å². The van der Waals surface area contributed by atoms with Crippen LogP contribution >= 0.6 is 0 Å². The van der Waals surface area contributed by atoms with E-state index in [1.807, 2.05) is 30.3 Å². The smallest absolute Gasteiger partial charge is 0.369 e. The summed E-state index contributed by atoms with van der Waals surface area (Å²) in [6.07, 6.45) is -2.19. The Balaban J connectivity index is 1.19. The van der Waals surface area contributed by atoms with Crippen molar-refractivity contribution in [3.8, 4) is 0 Å². The van der Waals surface area contributed by atoms with Gasteiger partial charge in [0.05, 0.1) is 10.9 Å². The van der Waals surface area contributed by atoms with Crippen molar-refractivity contribution in [3.05, 3.63) is 113 Å². The van der Waals surface area contributed by atoms with Gasteiger partial charge in [-0.2, -0.15) is 13.2 Å². The van der Waals surface area contributed by atoms with Gasteiger partial charge in [0.1, 0.15) is 17.8 Å². The van der Waals surface area contributed by atoms with Crippen molar-refractivity contribution in [2.45, 2.75) is 33.0 Å². The number of nitrogens with zero attached hydrogens (tertiary/aromatic N) is 3. The molecule has 0 saturated carbocycles. The Labute approximate surface area is 235 Å². The maximum atomic E-state index is 12.9. The highest BCUT2D eigenvalue weighted by atomic mass is 19.4. The molecule has 41 heavy (non-hydrogen) atoms. The minimum Gasteiger partial charge on any atom is -0.369 e. The number of fused-ring (bicyclic) bond motifs is 1. The molecular weight excluding hydrogens is 529 g/mol. The van der Waals surface area contributed by atoms with Crippen LogP contribution in [0, 0.1) is 13.8 Å². The zero-order chi connectivity index (χ0) is 29.0. The number of nitrogens with one attached hydrogen (secondary N) is 3. The Morgan fingerprint density at radius 3 is 2.32 bits per heavy atom. The number of aryl methyl sites for hydroxylation is 1. The molecule has 2 aromatic heterocycles. The molecule has 2 amide bonds. The van der Waals surface area contributed by atoms with Crippen LogP contribution in [0.3, 0.4) is 0 Å². The van der Waals surface area contributed by atoms with E-state index in [4.69, 9.17) is 0 Å². The normalized spacial score (nSPS) is 11.4. The first kappa shape index (κ1) is 27.7. The van der Waals surface area contributed by atoms with Gasteiger partial charge in [-0.25, -0.2) is 14.8 Å². The lowest BCUT2D eigenvalue weighted by atomic mass is 10.1. The SMILES string of the molecule is Cc1c(C)n(Cc2ccccc2)c2ncnc(NCCc3ccc(NC(=O)Nc4cccc(C(F)(F)F)c4)cc3)c12. The van der Waals surface area contributed by atoms with Crippen LogP contribution in [0.4, 0.5) is 35.2 Å². The average Bonchev–Trinajstić information content (AvgIpc) is 3.19. The number of halogens is 3. The molecule has 7 nitrogen and oxygen atoms in total. The Morgan fingerprint density at radius 1 is 0.854 bits per heavy atom. The molecule has 3 aromatic carbocycles. The van der Waals surface area contributed by atoms with Gasteiger partial charge < -0.3 is 20.5 Å². The summed E-state index contributed by atoms with van der Waals surface area (Å²) in [6, 6.07) is 21.4. The first-order chi connectivity index (χ1) is 19.7. The second-order valence-corrected chi connectivity index (χ2v) is 9.73. The second kappa shape index (κ2) is 11.7. The molecule has 10 heteroatoms. The summed E-state index contributed by atoms with van der Waals surface area (Å²) in [4.78, 5) is 21.4. The van der Waals surface area contributed by atoms with Crippen LogP contribution in [0.25, 0.3) is 11.0 Å². The van der Waals surface area contributed by atoms with Gasteiger partial charge in [0.15, 0.2) is 0 Å². The number of hydrogen-bond donors (Lipinski definition) is 3. The highest BCUT2D eigenvalue weighted by Gasteiger charge is 2.30. The highest BCUT2D eigenvalue weighted by molar-refractivity contribution is 5.99. The number of benzene rings is 3. The summed E-state index contributed by atoms with van der Waals surface area (Å²) in [5.41, 5.74) is 5.17. The molecule has 0 bridgehead atoms. The van der Waals surface area contributed by atoms with Crippen molar-refractivity contribution >= 4 is 34.3 Å². The number of urea groups is 1. The summed E-state index contributed by atoms with van der Waals surface area (Å²) < 4.78 is 40.9. The molecule has 0 radical (unpaired) electrons. The van der Waals surface area contributed by atoms with Gasteiger partial charge >= 0.3 is 12.2 Å². The number of alkyl halides is 3. The largest absolute Gasteiger partial charge is 0.416 e. The molecule has 5 aromatic rings. The summed E-state index contributed by atoms with van der Waals surface area (Å²) in [7, 11) is 0. The fourth-order valence-electron chi connectivity index (χ4n) is 4.71. The number of carbonyl (C=O) groups excluding carboxylic acids is 1. The Kier molecular flexibility index (Phi) is 7.91. The molecule has 0 saturated heterocycles. The van der Waals surface area contributed by atoms with Gasteiger partial charge in [-0.1, -0.05) is 48.5 Å². The summed E-state index contributed by atoms with van der Waals surface area (Å²) >= 11 is 0. The molecule has 0 aliphatic heterocycles. The number of rotatable bonds is 8. The maximum absolute atomic E-state index is 12.9. The lowest BCUT2D eigenvalue weighted by molar-refractivity contribution is -0.137. The molecule has 2 heterocycles. The quantitative estimate of drug-likeness (QED) is 0.185. The van der Waals surface area contributed by atoms with Gasteiger partial charge in [0, 0.05) is 30.2 Å². The first-order valence-electron chi connectivity index (χ1n) is 13.1. The fraction of sp³-hybridized carbons (Fsp3) is 0.194. The molecule has 210 valence electrons. The van der Waals surface area contributed by atoms with E-state index < -0.39 is 17.8 Å². The van der Waals surface area contributed by atoms with Gasteiger partial charge in [-0.3, -0.25) is 0 Å². The summed E-state index contributed by atoms with van der Waals surface area (Å²) in [5, 5.41) is 9.53. The lowest BCUT2D eigenvalue weighted by Crippen LogP contribution is -2.19. The molecule has 0 spiro atoms. The molecule has 5 rings (SSSR count). The number of aromatic nitrogens is 3. The van der Waals surface area contributed by atoms with E-state index >= 15 is 0 Å². The van der Waals surface area contributed by atoms with Crippen molar-refractivity contribution in [2.24, 2.45) is 0 Å². The van der Waals surface area contributed by atoms with Crippen molar-refractivity contribution < 1.29 is 18.0 Å². The third-order valence-corrected chi connectivity index (χ3v) is 6.95. The zero-order valence-corrected chi connectivity index (χ0v) is 22.6. The van der Waals surface area contributed by atoms with E-state index in [0.29, 0.717) is 18.7 Å². The van der Waals surface area contributed by atoms with Crippen LogP contribution in [-0.2, 0) is 19.1 Å². The van der Waals surface area contributed by atoms with Crippen molar-refractivity contribution in [1.29, 1.82) is 0 Å². The Hall–Kier alpha value is -4.86. The van der Waals surface area contributed by atoms with Crippen LogP contribution in [0.2, 0.25) is 0 Å². The van der Waals surface area contributed by atoms with E-state index in [1.165, 1.54) is 17.7 Å². The fourth-order valence-corrected chi connectivity index (χ4v) is 4.71. The lowest BCUT2D eigenvalue weighted by Gasteiger charge is -2.11. The van der Waals surface area contributed by atoms with Crippen molar-refractivity contribution in [2.75, 3.05) is 22.5 Å². The number of hydrogen-bond acceptors (Lipinski definition) is 4. The maximum Gasteiger partial charge on any atom is 0.416 e. The van der Waals surface area contributed by atoms with Crippen LogP contribution in [0.5, 0.6) is 0 Å². The van der Waals surface area contributed by atoms with E-state index in [0.717, 1.165) is 52.3 Å². The van der Waals surface area contributed by atoms with Crippen LogP contribution in [0.1, 0.15) is 27.9 Å². The molecule has 0 aliphatic rings. The predicted octanol–water partition coefficient (Wildman–Crippen LogP) is 7.41. The summed E-state index contributed by atoms with van der Waals surface area (Å²) in [5.74, 6) is 0.784. The van der Waals surface area contributed by atoms with Crippen molar-refractivity contribution in [1.82, 2.24) is 14.5 Å². The van der Waals surface area contributed by atoms with Gasteiger partial charge in [-0.05, 0) is 67.3 Å². The predicted molar refractivity (Wildman–Crippen MR) is 155 cm³/mol. The van der Waals surface area contributed by atoms with E-state index in [2.05, 4.69) is 56.5 Å². The van der Waals surface area contributed by atoms with Gasteiger partial charge in [0.25, 0.3) is 0 Å². The Morgan fingerprint density at radius 2 is 1.59 bits per heavy atom. The van der Waals surface area contributed by atoms with E-state index in [-0.39, 0.29) is 5.69 Å². The zero-order valence-electron chi connectivity index (χ0n) is 22.6. The van der Waals surface area contributed by atoms with Gasteiger partial charge in [0.2, 0.25) is 0 Å². The first-order valence-corrected chi connectivity index (χ1v) is 13.1. The Bertz CT molecular complexity index is 1660. The monoisotopic (exact) mass is 558 g/mol. The molecule has 0 aliphatic carbocycles. The van der Waals surface area contributed by atoms with E-state index in [1.54, 1.807) is 18.5 Å². The van der Waals surface area contributed by atoms with Crippen molar-refractivity contribution in [3.63, 3.8) is 0 Å². The highest BCUT2D eigenvalue weighted by Crippen LogP contribution is 2.31. The van der Waals surface area contributed by atoms with Gasteiger partial charge in [-0.15, -0.1) is 0 Å². The number of anilines is 3. The minimum atomic E-state index is -4.48. The third kappa shape index (κ3) is 6.49. The molecule has 3 N–H and O–H groups in total.